The van der Waals surface area contributed by atoms with Crippen LogP contribution in [0.3, 0.4) is 0 Å². The summed E-state index contributed by atoms with van der Waals surface area (Å²) in [7, 11) is 1.66. The molecule has 0 aliphatic carbocycles. The minimum atomic E-state index is -0.187. The first-order valence-electron chi connectivity index (χ1n) is 6.52. The summed E-state index contributed by atoms with van der Waals surface area (Å²) in [5, 5.41) is 3.99. The molecule has 2 atom stereocenters. The highest BCUT2D eigenvalue weighted by Crippen LogP contribution is 2.34. The summed E-state index contributed by atoms with van der Waals surface area (Å²) in [6.07, 6.45) is 2.85. The van der Waals surface area contributed by atoms with E-state index in [9.17, 15) is 0 Å². The van der Waals surface area contributed by atoms with Crippen molar-refractivity contribution in [2.75, 3.05) is 7.11 Å². The first-order chi connectivity index (χ1) is 8.40. The van der Waals surface area contributed by atoms with Gasteiger partial charge in [-0.1, -0.05) is 45.7 Å². The molecule has 0 aliphatic rings. The molecule has 1 rings (SSSR count). The van der Waals surface area contributed by atoms with Crippen molar-refractivity contribution in [3.8, 4) is 0 Å². The standard InChI is InChI=1S/C13H25N3O2/c1-6-7-8-9(14)12-15-11(16-18-12)10(17-5)13(2,3)4/h9-10H,6-8,14H2,1-5H3/t9-,10?/m0/s1. The lowest BCUT2D eigenvalue weighted by Crippen LogP contribution is -2.21. The molecule has 0 amide bonds. The fraction of sp³-hybridized carbons (Fsp3) is 0.846. The normalized spacial score (nSPS) is 15.7. The van der Waals surface area contributed by atoms with Crippen molar-refractivity contribution < 1.29 is 9.26 Å². The van der Waals surface area contributed by atoms with Crippen LogP contribution in [-0.2, 0) is 4.74 Å². The molecule has 0 saturated carbocycles. The molecule has 0 fully saturated rings. The predicted molar refractivity (Wildman–Crippen MR) is 70.0 cm³/mol. The fourth-order valence-corrected chi connectivity index (χ4v) is 1.90. The van der Waals surface area contributed by atoms with E-state index in [-0.39, 0.29) is 17.6 Å². The number of nitrogens with two attached hydrogens (primary N) is 1. The largest absolute Gasteiger partial charge is 0.373 e. The van der Waals surface area contributed by atoms with Gasteiger partial charge in [0.2, 0.25) is 11.7 Å². The number of nitrogens with zero attached hydrogens (tertiary/aromatic N) is 2. The quantitative estimate of drug-likeness (QED) is 0.845. The monoisotopic (exact) mass is 255 g/mol. The molecule has 1 heterocycles. The Labute approximate surface area is 109 Å². The number of rotatable bonds is 6. The molecule has 5 nitrogen and oxygen atoms in total. The molecule has 0 aromatic carbocycles. The molecule has 1 aromatic rings. The van der Waals surface area contributed by atoms with Gasteiger partial charge < -0.3 is 15.0 Å². The number of methoxy groups -OCH3 is 1. The summed E-state index contributed by atoms with van der Waals surface area (Å²) in [6, 6.07) is -0.177. The van der Waals surface area contributed by atoms with E-state index in [1.165, 1.54) is 0 Å². The van der Waals surface area contributed by atoms with Crippen LogP contribution < -0.4 is 5.73 Å². The predicted octanol–water partition coefficient (Wildman–Crippen LogP) is 2.99. The number of hydrogen-bond acceptors (Lipinski definition) is 5. The Morgan fingerprint density at radius 1 is 1.39 bits per heavy atom. The van der Waals surface area contributed by atoms with Gasteiger partial charge in [-0.2, -0.15) is 4.98 Å². The van der Waals surface area contributed by atoms with E-state index in [2.05, 4.69) is 37.8 Å². The van der Waals surface area contributed by atoms with E-state index in [0.717, 1.165) is 19.3 Å². The van der Waals surface area contributed by atoms with Gasteiger partial charge in [-0.15, -0.1) is 0 Å². The third-order valence-corrected chi connectivity index (χ3v) is 2.90. The SMILES string of the molecule is CCCC[C@H](N)c1nc(C(OC)C(C)(C)C)no1. The van der Waals surface area contributed by atoms with Crippen molar-refractivity contribution in [3.63, 3.8) is 0 Å². The van der Waals surface area contributed by atoms with Crippen molar-refractivity contribution in [2.45, 2.75) is 59.1 Å². The van der Waals surface area contributed by atoms with Gasteiger partial charge in [-0.3, -0.25) is 0 Å². The van der Waals surface area contributed by atoms with Crippen LogP contribution in [0.5, 0.6) is 0 Å². The van der Waals surface area contributed by atoms with Crippen LogP contribution in [0, 0.1) is 5.41 Å². The second-order valence-electron chi connectivity index (χ2n) is 5.72. The molecule has 1 aromatic heterocycles. The van der Waals surface area contributed by atoms with Gasteiger partial charge >= 0.3 is 0 Å². The zero-order chi connectivity index (χ0) is 13.8. The first kappa shape index (κ1) is 15.1. The van der Waals surface area contributed by atoms with Crippen LogP contribution >= 0.6 is 0 Å². The van der Waals surface area contributed by atoms with Crippen molar-refractivity contribution in [1.29, 1.82) is 0 Å². The van der Waals surface area contributed by atoms with E-state index in [1.807, 2.05) is 0 Å². The van der Waals surface area contributed by atoms with Gasteiger partial charge in [-0.05, 0) is 11.8 Å². The Bertz CT molecular complexity index is 357. The summed E-state index contributed by atoms with van der Waals surface area (Å²) < 4.78 is 10.7. The molecule has 104 valence electrons. The molecular weight excluding hydrogens is 230 g/mol. The maximum Gasteiger partial charge on any atom is 0.243 e. The van der Waals surface area contributed by atoms with Crippen LogP contribution in [0.1, 0.15) is 70.8 Å². The van der Waals surface area contributed by atoms with Gasteiger partial charge in [0.1, 0.15) is 6.10 Å². The van der Waals surface area contributed by atoms with Crippen LogP contribution in [0.15, 0.2) is 4.52 Å². The first-order valence-corrected chi connectivity index (χ1v) is 6.52. The van der Waals surface area contributed by atoms with Gasteiger partial charge in [0.15, 0.2) is 0 Å². The number of aromatic nitrogens is 2. The van der Waals surface area contributed by atoms with Crippen LogP contribution in [0.2, 0.25) is 0 Å². The van der Waals surface area contributed by atoms with Crippen molar-refractivity contribution >= 4 is 0 Å². The highest BCUT2D eigenvalue weighted by Gasteiger charge is 2.31. The van der Waals surface area contributed by atoms with Crippen LogP contribution in [-0.4, -0.2) is 17.3 Å². The lowest BCUT2D eigenvalue weighted by molar-refractivity contribution is 0.00718. The zero-order valence-corrected chi connectivity index (χ0v) is 12.1. The van der Waals surface area contributed by atoms with Crippen molar-refractivity contribution in [3.05, 3.63) is 11.7 Å². The molecule has 0 spiro atoms. The number of ether oxygens (including phenoxy) is 1. The van der Waals surface area contributed by atoms with E-state index < -0.39 is 0 Å². The Morgan fingerprint density at radius 2 is 2.06 bits per heavy atom. The molecule has 0 bridgehead atoms. The molecule has 0 aliphatic heterocycles. The smallest absolute Gasteiger partial charge is 0.243 e. The minimum absolute atomic E-state index is 0.0800. The average molecular weight is 255 g/mol. The highest BCUT2D eigenvalue weighted by atomic mass is 16.5. The summed E-state index contributed by atoms with van der Waals surface area (Å²) in [6.45, 7) is 8.36. The van der Waals surface area contributed by atoms with Crippen molar-refractivity contribution in [1.82, 2.24) is 10.1 Å². The van der Waals surface area contributed by atoms with Gasteiger partial charge in [0.05, 0.1) is 6.04 Å². The summed E-state index contributed by atoms with van der Waals surface area (Å²) in [4.78, 5) is 4.37. The van der Waals surface area contributed by atoms with E-state index in [0.29, 0.717) is 11.7 Å². The number of hydrogen-bond donors (Lipinski definition) is 1. The van der Waals surface area contributed by atoms with Gasteiger partial charge in [0.25, 0.3) is 0 Å². The summed E-state index contributed by atoms with van der Waals surface area (Å²) in [5.41, 5.74) is 5.93. The lowest BCUT2D eigenvalue weighted by atomic mass is 9.88. The Balaban J connectivity index is 2.78. The van der Waals surface area contributed by atoms with Crippen LogP contribution in [0.4, 0.5) is 0 Å². The van der Waals surface area contributed by atoms with E-state index in [4.69, 9.17) is 15.0 Å². The molecule has 5 heteroatoms. The average Bonchev–Trinajstić information content (AvgIpc) is 2.74. The molecule has 1 unspecified atom stereocenters. The molecule has 2 N–H and O–H groups in total. The third kappa shape index (κ3) is 3.78. The number of unbranched alkanes of at least 4 members (excludes halogenated alkanes) is 1. The molecule has 0 radical (unpaired) electrons. The summed E-state index contributed by atoms with van der Waals surface area (Å²) >= 11 is 0. The van der Waals surface area contributed by atoms with Gasteiger partial charge in [-0.25, -0.2) is 0 Å². The second kappa shape index (κ2) is 6.29. The molecule has 0 saturated heterocycles. The molecular formula is C13H25N3O2. The van der Waals surface area contributed by atoms with E-state index in [1.54, 1.807) is 7.11 Å². The lowest BCUT2D eigenvalue weighted by Gasteiger charge is -2.26. The summed E-state index contributed by atoms with van der Waals surface area (Å²) in [5.74, 6) is 1.08. The van der Waals surface area contributed by atoms with Crippen molar-refractivity contribution in [2.24, 2.45) is 11.1 Å². The van der Waals surface area contributed by atoms with Gasteiger partial charge in [0, 0.05) is 7.11 Å². The van der Waals surface area contributed by atoms with E-state index >= 15 is 0 Å². The fourth-order valence-electron chi connectivity index (χ4n) is 1.90. The highest BCUT2D eigenvalue weighted by molar-refractivity contribution is 4.98. The molecule has 18 heavy (non-hydrogen) atoms. The Hall–Kier alpha value is -0.940. The third-order valence-electron chi connectivity index (χ3n) is 2.90. The minimum Gasteiger partial charge on any atom is -0.373 e. The van der Waals surface area contributed by atoms with Crippen LogP contribution in [0.25, 0.3) is 0 Å². The second-order valence-corrected chi connectivity index (χ2v) is 5.72. The Morgan fingerprint density at radius 3 is 2.56 bits per heavy atom. The zero-order valence-electron chi connectivity index (χ0n) is 12.1. The Kier molecular flexibility index (Phi) is 5.28. The maximum atomic E-state index is 6.01. The topological polar surface area (TPSA) is 74.2 Å². The maximum absolute atomic E-state index is 6.01.